The summed E-state index contributed by atoms with van der Waals surface area (Å²) in [5.74, 6) is 0.610. The molecule has 2 aliphatic heterocycles. The van der Waals surface area contributed by atoms with E-state index in [0.29, 0.717) is 24.6 Å². The normalized spacial score (nSPS) is 17.0. The number of ether oxygens (including phenoxy) is 3. The van der Waals surface area contributed by atoms with Gasteiger partial charge in [0, 0.05) is 38.8 Å². The van der Waals surface area contributed by atoms with Gasteiger partial charge < -0.3 is 19.1 Å². The zero-order valence-corrected chi connectivity index (χ0v) is 17.5. The summed E-state index contributed by atoms with van der Waals surface area (Å²) in [7, 11) is 0. The van der Waals surface area contributed by atoms with Crippen LogP contribution in [0.15, 0.2) is 54.6 Å². The first kappa shape index (κ1) is 20.9. The molecule has 0 saturated carbocycles. The third kappa shape index (κ3) is 5.44. The standard InChI is InChI=1S/C24H26N2O5/c1-18(31-23(27)10-8-19-7-9-21-22(15-19)30-17-29-21)24(28)26-13-11-25(12-14-26)16-20-5-3-2-4-6-20/h2-10,15,18H,11-14,16-17H2,1H3/b10-8+/t18-/m0/s1. The molecule has 7 heteroatoms. The van der Waals surface area contributed by atoms with E-state index >= 15 is 0 Å². The molecule has 162 valence electrons. The summed E-state index contributed by atoms with van der Waals surface area (Å²) in [6.07, 6.45) is 2.12. The number of rotatable bonds is 6. The van der Waals surface area contributed by atoms with Crippen LogP contribution in [-0.2, 0) is 20.9 Å². The molecule has 0 radical (unpaired) electrons. The summed E-state index contributed by atoms with van der Waals surface area (Å²) in [5, 5.41) is 0. The quantitative estimate of drug-likeness (QED) is 0.527. The number of nitrogens with zero attached hydrogens (tertiary/aromatic N) is 2. The zero-order chi connectivity index (χ0) is 21.6. The minimum absolute atomic E-state index is 0.163. The van der Waals surface area contributed by atoms with E-state index in [1.807, 2.05) is 24.3 Å². The van der Waals surface area contributed by atoms with Gasteiger partial charge in [-0.05, 0) is 36.3 Å². The lowest BCUT2D eigenvalue weighted by atomic mass is 10.2. The van der Waals surface area contributed by atoms with E-state index in [1.54, 1.807) is 30.0 Å². The van der Waals surface area contributed by atoms with Crippen LogP contribution in [0.4, 0.5) is 0 Å². The molecule has 1 saturated heterocycles. The van der Waals surface area contributed by atoms with Gasteiger partial charge in [-0.2, -0.15) is 0 Å². The van der Waals surface area contributed by atoms with E-state index in [9.17, 15) is 9.59 Å². The second kappa shape index (κ2) is 9.66. The molecule has 7 nitrogen and oxygen atoms in total. The molecule has 2 aromatic rings. The van der Waals surface area contributed by atoms with Crippen LogP contribution in [0, 0.1) is 0 Å². The number of carbonyl (C=O) groups excluding carboxylic acids is 2. The molecule has 1 atom stereocenters. The van der Waals surface area contributed by atoms with Crippen molar-refractivity contribution in [3.63, 3.8) is 0 Å². The van der Waals surface area contributed by atoms with E-state index in [2.05, 4.69) is 17.0 Å². The van der Waals surface area contributed by atoms with Crippen LogP contribution in [0.5, 0.6) is 11.5 Å². The Balaban J connectivity index is 1.23. The second-order valence-electron chi connectivity index (χ2n) is 7.61. The van der Waals surface area contributed by atoms with Crippen LogP contribution in [0.1, 0.15) is 18.1 Å². The Bertz CT molecular complexity index is 952. The first-order valence-corrected chi connectivity index (χ1v) is 10.4. The van der Waals surface area contributed by atoms with Crippen molar-refractivity contribution in [3.8, 4) is 11.5 Å². The second-order valence-corrected chi connectivity index (χ2v) is 7.61. The molecule has 1 amide bonds. The minimum atomic E-state index is -0.824. The molecular weight excluding hydrogens is 396 g/mol. The van der Waals surface area contributed by atoms with E-state index in [-0.39, 0.29) is 12.7 Å². The topological polar surface area (TPSA) is 68.3 Å². The molecule has 0 N–H and O–H groups in total. The lowest BCUT2D eigenvalue weighted by Gasteiger charge is -2.35. The van der Waals surface area contributed by atoms with Gasteiger partial charge in [0.25, 0.3) is 5.91 Å². The molecule has 31 heavy (non-hydrogen) atoms. The Labute approximate surface area is 181 Å². The highest BCUT2D eigenvalue weighted by Crippen LogP contribution is 2.32. The summed E-state index contributed by atoms with van der Waals surface area (Å²) >= 11 is 0. The Morgan fingerprint density at radius 3 is 2.55 bits per heavy atom. The number of esters is 1. The highest BCUT2D eigenvalue weighted by atomic mass is 16.7. The van der Waals surface area contributed by atoms with Gasteiger partial charge in [-0.1, -0.05) is 36.4 Å². The smallest absolute Gasteiger partial charge is 0.331 e. The van der Waals surface area contributed by atoms with Crippen molar-refractivity contribution in [2.24, 2.45) is 0 Å². The van der Waals surface area contributed by atoms with Crippen LogP contribution in [0.3, 0.4) is 0 Å². The third-order valence-corrected chi connectivity index (χ3v) is 5.38. The molecule has 2 aromatic carbocycles. The molecule has 0 aliphatic carbocycles. The number of hydrogen-bond acceptors (Lipinski definition) is 6. The molecule has 0 unspecified atom stereocenters. The largest absolute Gasteiger partial charge is 0.454 e. The number of piperazine rings is 1. The van der Waals surface area contributed by atoms with E-state index in [1.165, 1.54) is 11.6 Å². The first-order valence-electron chi connectivity index (χ1n) is 10.4. The predicted molar refractivity (Wildman–Crippen MR) is 115 cm³/mol. The van der Waals surface area contributed by atoms with Crippen molar-refractivity contribution in [3.05, 3.63) is 65.7 Å². The van der Waals surface area contributed by atoms with Gasteiger partial charge in [0.1, 0.15) is 0 Å². The Morgan fingerprint density at radius 2 is 1.77 bits per heavy atom. The minimum Gasteiger partial charge on any atom is -0.454 e. The Kier molecular flexibility index (Phi) is 6.52. The van der Waals surface area contributed by atoms with Crippen LogP contribution in [0.2, 0.25) is 0 Å². The number of hydrogen-bond donors (Lipinski definition) is 0. The van der Waals surface area contributed by atoms with Gasteiger partial charge in [-0.25, -0.2) is 4.79 Å². The lowest BCUT2D eigenvalue weighted by Crippen LogP contribution is -2.51. The fourth-order valence-corrected chi connectivity index (χ4v) is 3.67. The lowest BCUT2D eigenvalue weighted by molar-refractivity contribution is -0.156. The molecular formula is C24H26N2O5. The summed E-state index contributed by atoms with van der Waals surface area (Å²) in [6.45, 7) is 5.53. The van der Waals surface area contributed by atoms with E-state index < -0.39 is 12.1 Å². The average molecular weight is 422 g/mol. The van der Waals surface area contributed by atoms with Crippen molar-refractivity contribution in [2.45, 2.75) is 19.6 Å². The van der Waals surface area contributed by atoms with Gasteiger partial charge in [0.15, 0.2) is 17.6 Å². The number of benzene rings is 2. The molecule has 2 aliphatic rings. The molecule has 1 fully saturated rings. The van der Waals surface area contributed by atoms with Gasteiger partial charge in [0.05, 0.1) is 0 Å². The van der Waals surface area contributed by atoms with Crippen LogP contribution >= 0.6 is 0 Å². The van der Waals surface area contributed by atoms with Crippen molar-refractivity contribution in [1.29, 1.82) is 0 Å². The van der Waals surface area contributed by atoms with Gasteiger partial charge >= 0.3 is 5.97 Å². The maximum Gasteiger partial charge on any atom is 0.331 e. The molecule has 2 heterocycles. The average Bonchev–Trinajstić information content (AvgIpc) is 3.26. The summed E-state index contributed by atoms with van der Waals surface area (Å²) in [5.41, 5.74) is 2.05. The number of amides is 1. The van der Waals surface area contributed by atoms with Crippen LogP contribution in [0.25, 0.3) is 6.08 Å². The fraction of sp³-hybridized carbons (Fsp3) is 0.333. The summed E-state index contributed by atoms with van der Waals surface area (Å²) < 4.78 is 15.9. The fourth-order valence-electron chi connectivity index (χ4n) is 3.67. The van der Waals surface area contributed by atoms with Gasteiger partial charge in [-0.3, -0.25) is 9.69 Å². The van der Waals surface area contributed by atoms with Gasteiger partial charge in [-0.15, -0.1) is 0 Å². The zero-order valence-electron chi connectivity index (χ0n) is 17.5. The highest BCUT2D eigenvalue weighted by molar-refractivity contribution is 5.90. The number of carbonyl (C=O) groups is 2. The maximum absolute atomic E-state index is 12.7. The SMILES string of the molecule is C[C@H](OC(=O)/C=C/c1ccc2c(c1)OCO2)C(=O)N1CCN(Cc2ccccc2)CC1. The van der Waals surface area contributed by atoms with E-state index in [0.717, 1.165) is 25.2 Å². The van der Waals surface area contributed by atoms with Crippen LogP contribution < -0.4 is 9.47 Å². The van der Waals surface area contributed by atoms with Crippen molar-refractivity contribution in [2.75, 3.05) is 33.0 Å². The van der Waals surface area contributed by atoms with Crippen molar-refractivity contribution in [1.82, 2.24) is 9.80 Å². The molecule has 4 rings (SSSR count). The number of fused-ring (bicyclic) bond motifs is 1. The molecule has 0 aromatic heterocycles. The summed E-state index contributed by atoms with van der Waals surface area (Å²) in [4.78, 5) is 28.9. The van der Waals surface area contributed by atoms with Crippen molar-refractivity contribution < 1.29 is 23.8 Å². The Morgan fingerprint density at radius 1 is 1.03 bits per heavy atom. The highest BCUT2D eigenvalue weighted by Gasteiger charge is 2.26. The Hall–Kier alpha value is -3.32. The van der Waals surface area contributed by atoms with Gasteiger partial charge in [0.2, 0.25) is 6.79 Å². The predicted octanol–water partition coefficient (Wildman–Crippen LogP) is 2.70. The maximum atomic E-state index is 12.7. The third-order valence-electron chi connectivity index (χ3n) is 5.38. The molecule has 0 bridgehead atoms. The summed E-state index contributed by atoms with van der Waals surface area (Å²) in [6, 6.07) is 15.7. The molecule has 0 spiro atoms. The first-order chi connectivity index (χ1) is 15.1. The monoisotopic (exact) mass is 422 g/mol. The van der Waals surface area contributed by atoms with Crippen LogP contribution in [-0.4, -0.2) is 60.8 Å². The van der Waals surface area contributed by atoms with E-state index in [4.69, 9.17) is 14.2 Å². The van der Waals surface area contributed by atoms with Crippen molar-refractivity contribution >= 4 is 18.0 Å².